The third-order valence-electron chi connectivity index (χ3n) is 14.2. The third kappa shape index (κ3) is 61.4. The van der Waals surface area contributed by atoms with E-state index >= 15 is 0 Å². The van der Waals surface area contributed by atoms with Crippen LogP contribution in [0.15, 0.2) is 85.1 Å². The molecule has 76 heavy (non-hydrogen) atoms. The predicted octanol–water partition coefficient (Wildman–Crippen LogP) is 22.3. The minimum absolute atomic E-state index is 0.0749. The van der Waals surface area contributed by atoms with Crippen LogP contribution in [0.2, 0.25) is 0 Å². The summed E-state index contributed by atoms with van der Waals surface area (Å²) in [6.45, 7) is 6.56. The number of unbranched alkanes of at least 4 members (excludes halogenated alkanes) is 34. The first-order valence-corrected chi connectivity index (χ1v) is 32.6. The molecule has 0 saturated heterocycles. The lowest BCUT2D eigenvalue weighted by Gasteiger charge is -2.18. The highest BCUT2D eigenvalue weighted by atomic mass is 16.6. The fourth-order valence-corrected chi connectivity index (χ4v) is 9.31. The van der Waals surface area contributed by atoms with Crippen molar-refractivity contribution >= 4 is 17.9 Å². The zero-order valence-electron chi connectivity index (χ0n) is 50.3. The molecule has 0 saturated carbocycles. The van der Waals surface area contributed by atoms with Crippen LogP contribution in [-0.4, -0.2) is 37.2 Å². The second kappa shape index (κ2) is 64.1. The second-order valence-electron chi connectivity index (χ2n) is 21.7. The van der Waals surface area contributed by atoms with E-state index in [9.17, 15) is 14.4 Å². The van der Waals surface area contributed by atoms with Crippen LogP contribution in [0.1, 0.15) is 323 Å². The van der Waals surface area contributed by atoms with Gasteiger partial charge in [-0.05, 0) is 77.0 Å². The Hall–Kier alpha value is -3.41. The van der Waals surface area contributed by atoms with Crippen molar-refractivity contribution in [2.24, 2.45) is 0 Å². The molecule has 0 amide bonds. The molecule has 0 aromatic rings. The highest BCUT2D eigenvalue weighted by Crippen LogP contribution is 2.17. The first-order valence-electron chi connectivity index (χ1n) is 32.6. The van der Waals surface area contributed by atoms with E-state index in [1.54, 1.807) is 0 Å². The molecule has 438 valence electrons. The van der Waals surface area contributed by atoms with E-state index in [1.807, 2.05) is 0 Å². The van der Waals surface area contributed by atoms with Gasteiger partial charge in [-0.3, -0.25) is 14.4 Å². The van der Waals surface area contributed by atoms with Crippen molar-refractivity contribution in [1.29, 1.82) is 0 Å². The van der Waals surface area contributed by atoms with Crippen molar-refractivity contribution in [3.63, 3.8) is 0 Å². The Kier molecular flexibility index (Phi) is 61.2. The highest BCUT2D eigenvalue weighted by Gasteiger charge is 2.19. The van der Waals surface area contributed by atoms with Gasteiger partial charge in [0.15, 0.2) is 6.10 Å². The Morgan fingerprint density at radius 3 is 0.803 bits per heavy atom. The van der Waals surface area contributed by atoms with Crippen LogP contribution < -0.4 is 0 Å². The molecule has 0 fully saturated rings. The number of esters is 3. The topological polar surface area (TPSA) is 78.9 Å². The van der Waals surface area contributed by atoms with Gasteiger partial charge < -0.3 is 14.2 Å². The van der Waals surface area contributed by atoms with Crippen molar-refractivity contribution in [3.05, 3.63) is 85.1 Å². The second-order valence-corrected chi connectivity index (χ2v) is 21.7. The maximum Gasteiger partial charge on any atom is 0.306 e. The average molecular weight is 1060 g/mol. The molecule has 0 N–H and O–H groups in total. The van der Waals surface area contributed by atoms with Gasteiger partial charge in [-0.15, -0.1) is 0 Å². The van der Waals surface area contributed by atoms with E-state index in [0.29, 0.717) is 19.3 Å². The summed E-state index contributed by atoms with van der Waals surface area (Å²) >= 11 is 0. The van der Waals surface area contributed by atoms with E-state index in [-0.39, 0.29) is 31.1 Å². The van der Waals surface area contributed by atoms with Gasteiger partial charge in [-0.2, -0.15) is 0 Å². The average Bonchev–Trinajstić information content (AvgIpc) is 3.42. The van der Waals surface area contributed by atoms with E-state index in [1.165, 1.54) is 173 Å². The Bertz CT molecular complexity index is 1450. The summed E-state index contributed by atoms with van der Waals surface area (Å²) in [5, 5.41) is 0. The first kappa shape index (κ1) is 72.6. The summed E-state index contributed by atoms with van der Waals surface area (Å²) < 4.78 is 16.9. The number of hydrogen-bond acceptors (Lipinski definition) is 6. The van der Waals surface area contributed by atoms with Crippen molar-refractivity contribution in [2.45, 2.75) is 329 Å². The molecular weight excluding hydrogens is 937 g/mol. The predicted molar refractivity (Wildman–Crippen MR) is 330 cm³/mol. The number of carbonyl (C=O) groups is 3. The van der Waals surface area contributed by atoms with Crippen LogP contribution in [0.5, 0.6) is 0 Å². The standard InChI is InChI=1S/C70H122O6/c1-4-7-10-13-16-19-22-25-27-29-30-31-32-33-34-35-36-37-38-39-40-41-43-45-48-51-54-57-60-63-69(72)75-66-67(65-74-68(71)62-59-56-53-50-47-44-24-21-18-15-12-9-6-3)76-70(73)64-61-58-55-52-49-46-42-28-26-23-20-17-14-11-8-5-2/h7,10,16,19,25,27,30-31,33-34,36-37,39-40,67H,4-6,8-9,11-15,17-18,20-24,26,28-29,32,35,38,41-66H2,1-3H3/b10-7-,19-16-,27-25-,31-30-,34-33-,37-36-,40-39-. The summed E-state index contributed by atoms with van der Waals surface area (Å²) in [7, 11) is 0. The first-order chi connectivity index (χ1) is 37.5. The molecule has 0 aliphatic rings. The Balaban J connectivity index is 4.29. The van der Waals surface area contributed by atoms with Crippen LogP contribution in [-0.2, 0) is 28.6 Å². The minimum Gasteiger partial charge on any atom is -0.462 e. The fourth-order valence-electron chi connectivity index (χ4n) is 9.31. The number of hydrogen-bond donors (Lipinski definition) is 0. The fraction of sp³-hybridized carbons (Fsp3) is 0.757. The zero-order valence-corrected chi connectivity index (χ0v) is 50.3. The maximum atomic E-state index is 12.9. The van der Waals surface area contributed by atoms with Gasteiger partial charge in [0.05, 0.1) is 0 Å². The SMILES string of the molecule is CC/C=C\C/C=C\C/C=C\C/C=C\C/C=C\C/C=C\C/C=C\CCCCCCCCCC(=O)OCC(COC(=O)CCCCCCCCCCCCCCC)OC(=O)CCCCCCCCCCCCCCCCCC. The molecule has 0 bridgehead atoms. The van der Waals surface area contributed by atoms with E-state index in [0.717, 1.165) is 109 Å². The van der Waals surface area contributed by atoms with Gasteiger partial charge in [-0.1, -0.05) is 311 Å². The summed E-state index contributed by atoms with van der Waals surface area (Å²) in [4.78, 5) is 38.3. The van der Waals surface area contributed by atoms with Gasteiger partial charge in [0.1, 0.15) is 13.2 Å². The zero-order chi connectivity index (χ0) is 55.0. The number of allylic oxidation sites excluding steroid dienone is 14. The van der Waals surface area contributed by atoms with E-state index in [2.05, 4.69) is 106 Å². The quantitative estimate of drug-likeness (QED) is 0.0261. The molecule has 0 heterocycles. The van der Waals surface area contributed by atoms with Crippen LogP contribution in [0.4, 0.5) is 0 Å². The molecule has 6 nitrogen and oxygen atoms in total. The molecule has 0 spiro atoms. The summed E-state index contributed by atoms with van der Waals surface area (Å²) in [5.41, 5.74) is 0. The molecule has 6 heteroatoms. The van der Waals surface area contributed by atoms with Gasteiger partial charge in [0, 0.05) is 19.3 Å². The lowest BCUT2D eigenvalue weighted by atomic mass is 10.0. The van der Waals surface area contributed by atoms with Crippen molar-refractivity contribution in [3.8, 4) is 0 Å². The Morgan fingerprint density at radius 1 is 0.276 bits per heavy atom. The van der Waals surface area contributed by atoms with Crippen LogP contribution in [0.25, 0.3) is 0 Å². The van der Waals surface area contributed by atoms with E-state index in [4.69, 9.17) is 14.2 Å². The maximum absolute atomic E-state index is 12.9. The van der Waals surface area contributed by atoms with Crippen molar-refractivity contribution in [2.75, 3.05) is 13.2 Å². The summed E-state index contributed by atoms with van der Waals surface area (Å²) in [5.74, 6) is -0.870. The van der Waals surface area contributed by atoms with Gasteiger partial charge >= 0.3 is 17.9 Å². The molecule has 0 aromatic carbocycles. The molecule has 1 atom stereocenters. The molecule has 0 aliphatic heterocycles. The normalized spacial score (nSPS) is 12.6. The Labute approximate surface area is 471 Å². The molecule has 0 aliphatic carbocycles. The lowest BCUT2D eigenvalue weighted by molar-refractivity contribution is -0.167. The molecule has 0 rings (SSSR count). The minimum atomic E-state index is -0.778. The van der Waals surface area contributed by atoms with Gasteiger partial charge in [-0.25, -0.2) is 0 Å². The monoisotopic (exact) mass is 1060 g/mol. The van der Waals surface area contributed by atoms with Crippen LogP contribution in [0.3, 0.4) is 0 Å². The third-order valence-corrected chi connectivity index (χ3v) is 14.2. The summed E-state index contributed by atoms with van der Waals surface area (Å²) in [6.07, 6.45) is 84.4. The summed E-state index contributed by atoms with van der Waals surface area (Å²) in [6, 6.07) is 0. The van der Waals surface area contributed by atoms with Gasteiger partial charge in [0.2, 0.25) is 0 Å². The molecule has 0 radical (unpaired) electrons. The van der Waals surface area contributed by atoms with Crippen LogP contribution in [0, 0.1) is 0 Å². The van der Waals surface area contributed by atoms with Gasteiger partial charge in [0.25, 0.3) is 0 Å². The van der Waals surface area contributed by atoms with Crippen LogP contribution >= 0.6 is 0 Å². The molecule has 0 aromatic heterocycles. The molecular formula is C70H122O6. The largest absolute Gasteiger partial charge is 0.462 e. The van der Waals surface area contributed by atoms with Crippen molar-refractivity contribution in [1.82, 2.24) is 0 Å². The Morgan fingerprint density at radius 2 is 0.513 bits per heavy atom. The number of rotatable bonds is 59. The van der Waals surface area contributed by atoms with Crippen molar-refractivity contribution < 1.29 is 28.6 Å². The van der Waals surface area contributed by atoms with E-state index < -0.39 is 6.10 Å². The number of carbonyl (C=O) groups excluding carboxylic acids is 3. The number of ether oxygens (including phenoxy) is 3. The molecule has 1 unspecified atom stereocenters. The highest BCUT2D eigenvalue weighted by molar-refractivity contribution is 5.71. The smallest absolute Gasteiger partial charge is 0.306 e. The lowest BCUT2D eigenvalue weighted by Crippen LogP contribution is -2.30.